The number of rotatable bonds is 9. The molecule has 192 valence electrons. The highest BCUT2D eigenvalue weighted by Crippen LogP contribution is 2.29. The smallest absolute Gasteiger partial charge is 0.246 e. The van der Waals surface area contributed by atoms with Crippen LogP contribution in [0, 0.1) is 13.8 Å². The Balaban J connectivity index is 1.44. The molecule has 0 unspecified atom stereocenters. The van der Waals surface area contributed by atoms with Crippen molar-refractivity contribution in [3.63, 3.8) is 0 Å². The quantitative estimate of drug-likeness (QED) is 0.380. The largest absolute Gasteiger partial charge is 0.495 e. The van der Waals surface area contributed by atoms with Crippen LogP contribution >= 0.6 is 11.6 Å². The molecule has 0 aliphatic carbocycles. The van der Waals surface area contributed by atoms with Crippen LogP contribution in [0.15, 0.2) is 71.6 Å². The lowest BCUT2D eigenvalue weighted by Gasteiger charge is -2.36. The summed E-state index contributed by atoms with van der Waals surface area (Å²) in [6.07, 6.45) is -0.164. The minimum absolute atomic E-state index is 0.164. The third-order valence-corrected chi connectivity index (χ3v) is 8.64. The standard InChI is InChI=1S/C28H33ClN2O4S/c1-21-5-4-6-23(17-21)20-35-27(24-8-10-25(29)11-9-24)19-30-13-15-31(16-14-30)36(32,33)28-18-22(2)7-12-26(28)34-3/h4-12,17-18,27H,13-16,19-20H2,1-3H3/t27-/m1/s1. The number of hydrogen-bond donors (Lipinski definition) is 0. The lowest BCUT2D eigenvalue weighted by molar-refractivity contribution is 0.00771. The summed E-state index contributed by atoms with van der Waals surface area (Å²) in [6, 6.07) is 21.3. The molecule has 1 fully saturated rings. The van der Waals surface area contributed by atoms with Crippen LogP contribution in [0.3, 0.4) is 0 Å². The zero-order valence-corrected chi connectivity index (χ0v) is 22.6. The summed E-state index contributed by atoms with van der Waals surface area (Å²) in [6.45, 7) is 7.15. The number of sulfonamides is 1. The van der Waals surface area contributed by atoms with Crippen molar-refractivity contribution in [2.45, 2.75) is 31.5 Å². The number of aryl methyl sites for hydroxylation is 2. The molecule has 6 nitrogen and oxygen atoms in total. The first-order chi connectivity index (χ1) is 17.3. The Morgan fingerprint density at radius 2 is 1.61 bits per heavy atom. The van der Waals surface area contributed by atoms with Crippen LogP contribution in [-0.2, 0) is 21.4 Å². The lowest BCUT2D eigenvalue weighted by atomic mass is 10.1. The maximum Gasteiger partial charge on any atom is 0.246 e. The van der Waals surface area contributed by atoms with Gasteiger partial charge in [-0.05, 0) is 54.8 Å². The van der Waals surface area contributed by atoms with Gasteiger partial charge < -0.3 is 9.47 Å². The fourth-order valence-electron chi connectivity index (χ4n) is 4.44. The second-order valence-electron chi connectivity index (χ2n) is 9.20. The van der Waals surface area contributed by atoms with Crippen molar-refractivity contribution in [2.75, 3.05) is 39.8 Å². The maximum absolute atomic E-state index is 13.4. The Kier molecular flexibility index (Phi) is 8.70. The van der Waals surface area contributed by atoms with Gasteiger partial charge in [0.25, 0.3) is 0 Å². The number of nitrogens with zero attached hydrogens (tertiary/aromatic N) is 2. The second kappa shape index (κ2) is 11.8. The normalized spacial score (nSPS) is 16.1. The fraction of sp³-hybridized carbons (Fsp3) is 0.357. The van der Waals surface area contributed by atoms with E-state index in [9.17, 15) is 8.42 Å². The number of ether oxygens (including phenoxy) is 2. The summed E-state index contributed by atoms with van der Waals surface area (Å²) in [5, 5.41) is 0.682. The Bertz CT molecular complexity index is 1270. The molecule has 0 aromatic heterocycles. The van der Waals surface area contributed by atoms with E-state index in [0.29, 0.717) is 50.1 Å². The van der Waals surface area contributed by atoms with Crippen LogP contribution in [0.5, 0.6) is 5.75 Å². The Morgan fingerprint density at radius 3 is 2.28 bits per heavy atom. The van der Waals surface area contributed by atoms with Gasteiger partial charge in [-0.2, -0.15) is 4.31 Å². The molecule has 0 radical (unpaired) electrons. The van der Waals surface area contributed by atoms with Crippen LogP contribution in [0.25, 0.3) is 0 Å². The molecule has 1 aliphatic rings. The van der Waals surface area contributed by atoms with E-state index in [0.717, 1.165) is 16.7 Å². The van der Waals surface area contributed by atoms with Crippen LogP contribution in [0.4, 0.5) is 0 Å². The number of methoxy groups -OCH3 is 1. The minimum Gasteiger partial charge on any atom is -0.495 e. The molecule has 0 amide bonds. The van der Waals surface area contributed by atoms with E-state index in [2.05, 4.69) is 30.0 Å². The summed E-state index contributed by atoms with van der Waals surface area (Å²) in [5.41, 5.74) is 4.25. The Hall–Kier alpha value is -2.42. The molecule has 3 aromatic rings. The van der Waals surface area contributed by atoms with Crippen molar-refractivity contribution in [3.05, 3.63) is 94.0 Å². The molecule has 0 bridgehead atoms. The molecule has 1 heterocycles. The van der Waals surface area contributed by atoms with Crippen molar-refractivity contribution in [2.24, 2.45) is 0 Å². The summed E-state index contributed by atoms with van der Waals surface area (Å²) in [5.74, 6) is 0.371. The van der Waals surface area contributed by atoms with Gasteiger partial charge in [0.05, 0.1) is 19.8 Å². The summed E-state index contributed by atoms with van der Waals surface area (Å²) < 4.78 is 40.0. The number of benzene rings is 3. The third-order valence-electron chi connectivity index (χ3n) is 6.47. The molecule has 1 aliphatic heterocycles. The van der Waals surface area contributed by atoms with Crippen LogP contribution in [0.2, 0.25) is 5.02 Å². The molecule has 4 rings (SSSR count). The SMILES string of the molecule is COc1ccc(C)cc1S(=O)(=O)N1CCN(C[C@@H](OCc2cccc(C)c2)c2ccc(Cl)cc2)CC1. The predicted molar refractivity (Wildman–Crippen MR) is 143 cm³/mol. The summed E-state index contributed by atoms with van der Waals surface area (Å²) >= 11 is 6.12. The van der Waals surface area contributed by atoms with Crippen molar-refractivity contribution < 1.29 is 17.9 Å². The van der Waals surface area contributed by atoms with Gasteiger partial charge in [0.15, 0.2) is 0 Å². The first-order valence-corrected chi connectivity index (χ1v) is 13.9. The predicted octanol–water partition coefficient (Wildman–Crippen LogP) is 5.23. The molecule has 1 saturated heterocycles. The van der Waals surface area contributed by atoms with Gasteiger partial charge >= 0.3 is 0 Å². The van der Waals surface area contributed by atoms with Crippen molar-refractivity contribution in [1.29, 1.82) is 0 Å². The number of halogens is 1. The van der Waals surface area contributed by atoms with E-state index < -0.39 is 10.0 Å². The highest BCUT2D eigenvalue weighted by molar-refractivity contribution is 7.89. The van der Waals surface area contributed by atoms with E-state index >= 15 is 0 Å². The minimum atomic E-state index is -3.65. The Labute approximate surface area is 219 Å². The highest BCUT2D eigenvalue weighted by Gasteiger charge is 2.31. The van der Waals surface area contributed by atoms with Crippen molar-refractivity contribution in [1.82, 2.24) is 9.21 Å². The molecule has 1 atom stereocenters. The van der Waals surface area contributed by atoms with Crippen LogP contribution in [0.1, 0.15) is 28.4 Å². The maximum atomic E-state index is 13.4. The molecule has 0 saturated carbocycles. The second-order valence-corrected chi connectivity index (χ2v) is 11.5. The first kappa shape index (κ1) is 26.6. The van der Waals surface area contributed by atoms with Gasteiger partial charge in [-0.3, -0.25) is 4.90 Å². The number of piperazine rings is 1. The first-order valence-electron chi connectivity index (χ1n) is 12.1. The third kappa shape index (κ3) is 6.47. The average Bonchev–Trinajstić information content (AvgIpc) is 2.87. The van der Waals surface area contributed by atoms with E-state index in [1.54, 1.807) is 16.4 Å². The van der Waals surface area contributed by atoms with E-state index in [-0.39, 0.29) is 11.0 Å². The van der Waals surface area contributed by atoms with Crippen LogP contribution in [-0.4, -0.2) is 57.5 Å². The summed E-state index contributed by atoms with van der Waals surface area (Å²) in [7, 11) is -2.16. The molecule has 0 spiro atoms. The van der Waals surface area contributed by atoms with E-state index in [1.807, 2.05) is 43.3 Å². The Morgan fingerprint density at radius 1 is 0.917 bits per heavy atom. The summed E-state index contributed by atoms with van der Waals surface area (Å²) in [4.78, 5) is 2.48. The van der Waals surface area contributed by atoms with Gasteiger partial charge in [-0.15, -0.1) is 0 Å². The van der Waals surface area contributed by atoms with E-state index in [1.165, 1.54) is 12.7 Å². The van der Waals surface area contributed by atoms with Crippen LogP contribution < -0.4 is 4.74 Å². The lowest BCUT2D eigenvalue weighted by Crippen LogP contribution is -2.49. The topological polar surface area (TPSA) is 59.1 Å². The van der Waals surface area contributed by atoms with Gasteiger partial charge in [0.2, 0.25) is 10.0 Å². The van der Waals surface area contributed by atoms with Crippen molar-refractivity contribution in [3.8, 4) is 5.75 Å². The van der Waals surface area contributed by atoms with Gasteiger partial charge in [-0.1, -0.05) is 59.6 Å². The van der Waals surface area contributed by atoms with Gasteiger partial charge in [0, 0.05) is 37.7 Å². The fourth-order valence-corrected chi connectivity index (χ4v) is 6.23. The van der Waals surface area contributed by atoms with Gasteiger partial charge in [0.1, 0.15) is 10.6 Å². The monoisotopic (exact) mass is 528 g/mol. The number of hydrogen-bond acceptors (Lipinski definition) is 5. The van der Waals surface area contributed by atoms with Gasteiger partial charge in [-0.25, -0.2) is 8.42 Å². The van der Waals surface area contributed by atoms with Crippen molar-refractivity contribution >= 4 is 21.6 Å². The average molecular weight is 529 g/mol. The molecule has 3 aromatic carbocycles. The zero-order valence-electron chi connectivity index (χ0n) is 21.0. The van der Waals surface area contributed by atoms with E-state index in [4.69, 9.17) is 21.1 Å². The zero-order chi connectivity index (χ0) is 25.7. The molecular formula is C28H33ClN2O4S. The molecule has 0 N–H and O–H groups in total. The molecular weight excluding hydrogens is 496 g/mol. The molecule has 36 heavy (non-hydrogen) atoms. The molecule has 8 heteroatoms. The highest BCUT2D eigenvalue weighted by atomic mass is 35.5.